The summed E-state index contributed by atoms with van der Waals surface area (Å²) in [4.78, 5) is 27.5. The monoisotopic (exact) mass is 529 g/mol. The third-order valence-corrected chi connectivity index (χ3v) is 7.80. The molecule has 0 saturated carbocycles. The average Bonchev–Trinajstić information content (AvgIpc) is 3.24. The van der Waals surface area contributed by atoms with Gasteiger partial charge in [0.05, 0.1) is 17.8 Å². The van der Waals surface area contributed by atoms with E-state index >= 15 is 0 Å². The Bertz CT molecular complexity index is 1530. The molecule has 6 nitrogen and oxygen atoms in total. The number of carbonyl (C=O) groups excluding carboxylic acids is 2. The highest BCUT2D eigenvalue weighted by molar-refractivity contribution is 7.19. The molecule has 186 valence electrons. The molecule has 1 aliphatic heterocycles. The van der Waals surface area contributed by atoms with Crippen LogP contribution >= 0.6 is 22.9 Å². The first-order chi connectivity index (χ1) is 17.9. The van der Waals surface area contributed by atoms with Crippen molar-refractivity contribution in [2.45, 2.75) is 12.8 Å². The van der Waals surface area contributed by atoms with E-state index in [9.17, 15) is 9.59 Å². The summed E-state index contributed by atoms with van der Waals surface area (Å²) in [6.45, 7) is 1.84. The van der Waals surface area contributed by atoms with Crippen molar-refractivity contribution in [2.75, 3.05) is 23.5 Å². The summed E-state index contributed by atoms with van der Waals surface area (Å²) in [5.74, 6) is -0.390. The van der Waals surface area contributed by atoms with E-state index in [1.807, 2.05) is 55.5 Å². The molecule has 0 aliphatic carbocycles. The number of nitrogen functional groups attached to an aromatic ring is 1. The summed E-state index contributed by atoms with van der Waals surface area (Å²) in [6.07, 6.45) is 0. The van der Waals surface area contributed by atoms with Crippen LogP contribution in [0.5, 0.6) is 5.75 Å². The second kappa shape index (κ2) is 10.1. The van der Waals surface area contributed by atoms with E-state index < -0.39 is 5.92 Å². The zero-order valence-corrected chi connectivity index (χ0v) is 21.7. The van der Waals surface area contributed by atoms with Crippen LogP contribution < -0.4 is 21.1 Å². The van der Waals surface area contributed by atoms with Crippen LogP contribution in [0.15, 0.2) is 90.1 Å². The summed E-state index contributed by atoms with van der Waals surface area (Å²) in [5.41, 5.74) is 10.7. The molecule has 4 N–H and O–H groups in total. The van der Waals surface area contributed by atoms with Crippen molar-refractivity contribution in [3.63, 3.8) is 0 Å². The quantitative estimate of drug-likeness (QED) is 0.242. The number of hydrogen-bond donors (Lipinski definition) is 3. The van der Waals surface area contributed by atoms with Gasteiger partial charge in [0.1, 0.15) is 10.6 Å². The van der Waals surface area contributed by atoms with E-state index in [2.05, 4.69) is 10.6 Å². The zero-order valence-electron chi connectivity index (χ0n) is 20.2. The fourth-order valence-electron chi connectivity index (χ4n) is 4.52. The molecule has 0 bridgehead atoms. The van der Waals surface area contributed by atoms with Gasteiger partial charge in [0.25, 0.3) is 5.91 Å². The number of allylic oxidation sites excluding steroid dienone is 1. The van der Waals surface area contributed by atoms with Crippen molar-refractivity contribution in [2.24, 2.45) is 0 Å². The molecular formula is C29H24ClN3O3S. The van der Waals surface area contributed by atoms with Crippen LogP contribution in [0.1, 0.15) is 39.2 Å². The van der Waals surface area contributed by atoms with E-state index in [-0.39, 0.29) is 11.7 Å². The van der Waals surface area contributed by atoms with Gasteiger partial charge >= 0.3 is 0 Å². The lowest BCUT2D eigenvalue weighted by molar-refractivity contribution is -0.113. The van der Waals surface area contributed by atoms with E-state index in [1.54, 1.807) is 37.4 Å². The van der Waals surface area contributed by atoms with Gasteiger partial charge in [0, 0.05) is 39.0 Å². The number of methoxy groups -OCH3 is 1. The smallest absolute Gasteiger partial charge is 0.254 e. The molecule has 3 aromatic carbocycles. The molecule has 0 fully saturated rings. The van der Waals surface area contributed by atoms with Gasteiger partial charge in [0.2, 0.25) is 5.78 Å². The van der Waals surface area contributed by atoms with Crippen LogP contribution in [0, 0.1) is 0 Å². The predicted molar refractivity (Wildman–Crippen MR) is 150 cm³/mol. The Labute approximate surface area is 223 Å². The topological polar surface area (TPSA) is 93.5 Å². The fraction of sp³-hybridized carbons (Fsp3) is 0.103. The number of hydrogen-bond acceptors (Lipinski definition) is 6. The normalized spacial score (nSPS) is 14.5. The first-order valence-electron chi connectivity index (χ1n) is 11.6. The lowest BCUT2D eigenvalue weighted by atomic mass is 9.81. The number of nitrogens with one attached hydrogen (secondary N) is 2. The molecule has 37 heavy (non-hydrogen) atoms. The number of carbonyl (C=O) groups is 2. The standard InChI is InChI=1S/C29H24ClN3O3S/c1-16-22(28(35)33-18-8-4-3-5-9-18)23(20-10-6-7-11-21(20)30)24-25(31)27(37-29(24)32-16)26(34)17-12-14-19(36-2)15-13-17/h3-15,23,32H,31H2,1-2H3,(H,33,35)/t23-/m0/s1. The van der Waals surface area contributed by atoms with Gasteiger partial charge < -0.3 is 21.1 Å². The molecule has 4 aromatic rings. The van der Waals surface area contributed by atoms with Gasteiger partial charge in [-0.25, -0.2) is 0 Å². The fourth-order valence-corrected chi connectivity index (χ4v) is 5.94. The second-order valence-corrected chi connectivity index (χ2v) is 10.0. The first-order valence-corrected chi connectivity index (χ1v) is 12.8. The predicted octanol–water partition coefficient (Wildman–Crippen LogP) is 6.69. The number of nitrogens with two attached hydrogens (primary N) is 1. The Morgan fingerprint density at radius 1 is 1.00 bits per heavy atom. The number of amides is 1. The van der Waals surface area contributed by atoms with Crippen LogP contribution in [-0.2, 0) is 4.79 Å². The lowest BCUT2D eigenvalue weighted by Gasteiger charge is -2.29. The molecule has 0 unspecified atom stereocenters. The van der Waals surface area contributed by atoms with E-state index in [4.69, 9.17) is 22.1 Å². The number of rotatable bonds is 6. The minimum absolute atomic E-state index is 0.202. The summed E-state index contributed by atoms with van der Waals surface area (Å²) in [5, 5.41) is 7.53. The Morgan fingerprint density at radius 3 is 2.35 bits per heavy atom. The second-order valence-electron chi connectivity index (χ2n) is 8.58. The molecule has 0 spiro atoms. The SMILES string of the molecule is COc1ccc(C(=O)c2sc3c(c2N)[C@@H](c2ccccc2Cl)C(C(=O)Nc2ccccc2)=C(C)N3)cc1. The Balaban J connectivity index is 1.62. The largest absolute Gasteiger partial charge is 0.497 e. The number of para-hydroxylation sites is 1. The van der Waals surface area contributed by atoms with Gasteiger partial charge in [-0.3, -0.25) is 9.59 Å². The highest BCUT2D eigenvalue weighted by Crippen LogP contribution is 2.51. The number of fused-ring (bicyclic) bond motifs is 1. The van der Waals surface area contributed by atoms with Gasteiger partial charge in [-0.1, -0.05) is 48.0 Å². The number of thiophene rings is 1. The molecule has 1 amide bonds. The Hall–Kier alpha value is -4.07. The molecule has 1 aromatic heterocycles. The molecule has 2 heterocycles. The van der Waals surface area contributed by atoms with Crippen LogP contribution in [0.25, 0.3) is 0 Å². The number of halogens is 1. The van der Waals surface area contributed by atoms with Gasteiger partial charge in [-0.05, 0) is 55.0 Å². The first kappa shape index (κ1) is 24.6. The van der Waals surface area contributed by atoms with Crippen LogP contribution in [-0.4, -0.2) is 18.8 Å². The van der Waals surface area contributed by atoms with Crippen LogP contribution in [0.4, 0.5) is 16.4 Å². The summed E-state index contributed by atoms with van der Waals surface area (Å²) in [7, 11) is 1.57. The number of benzene rings is 3. The summed E-state index contributed by atoms with van der Waals surface area (Å²) < 4.78 is 5.21. The maximum absolute atomic E-state index is 13.6. The summed E-state index contributed by atoms with van der Waals surface area (Å²) in [6, 6.07) is 23.5. The maximum Gasteiger partial charge on any atom is 0.254 e. The van der Waals surface area contributed by atoms with Gasteiger partial charge in [-0.15, -0.1) is 11.3 Å². The molecule has 1 aliphatic rings. The van der Waals surface area contributed by atoms with Gasteiger partial charge in [0.15, 0.2) is 0 Å². The molecule has 8 heteroatoms. The lowest BCUT2D eigenvalue weighted by Crippen LogP contribution is -2.27. The number of ether oxygens (including phenoxy) is 1. The third kappa shape index (κ3) is 4.59. The molecular weight excluding hydrogens is 506 g/mol. The zero-order chi connectivity index (χ0) is 26.1. The highest BCUT2D eigenvalue weighted by Gasteiger charge is 2.38. The van der Waals surface area contributed by atoms with Crippen molar-refractivity contribution in [1.82, 2.24) is 0 Å². The van der Waals surface area contributed by atoms with E-state index in [0.717, 1.165) is 5.56 Å². The Morgan fingerprint density at radius 2 is 1.68 bits per heavy atom. The van der Waals surface area contributed by atoms with Crippen molar-refractivity contribution < 1.29 is 14.3 Å². The summed E-state index contributed by atoms with van der Waals surface area (Å²) >= 11 is 7.93. The van der Waals surface area contributed by atoms with Gasteiger partial charge in [-0.2, -0.15) is 0 Å². The molecule has 1 atom stereocenters. The minimum atomic E-state index is -0.567. The number of anilines is 3. The van der Waals surface area contributed by atoms with Crippen molar-refractivity contribution in [3.05, 3.63) is 117 Å². The van der Waals surface area contributed by atoms with Crippen molar-refractivity contribution in [3.8, 4) is 5.75 Å². The van der Waals surface area contributed by atoms with E-state index in [1.165, 1.54) is 11.3 Å². The highest BCUT2D eigenvalue weighted by atomic mass is 35.5. The maximum atomic E-state index is 13.6. The molecule has 5 rings (SSSR count). The molecule has 0 saturated heterocycles. The Kier molecular flexibility index (Phi) is 6.74. The average molecular weight is 530 g/mol. The number of ketones is 1. The van der Waals surface area contributed by atoms with Crippen LogP contribution in [0.3, 0.4) is 0 Å². The van der Waals surface area contributed by atoms with Crippen molar-refractivity contribution in [1.29, 1.82) is 0 Å². The van der Waals surface area contributed by atoms with E-state index in [0.29, 0.717) is 54.4 Å². The van der Waals surface area contributed by atoms with Crippen LogP contribution in [0.2, 0.25) is 5.02 Å². The molecule has 0 radical (unpaired) electrons. The third-order valence-electron chi connectivity index (χ3n) is 6.32. The van der Waals surface area contributed by atoms with Crippen molar-refractivity contribution >= 4 is 51.0 Å². The minimum Gasteiger partial charge on any atom is -0.497 e.